The van der Waals surface area contributed by atoms with Crippen LogP contribution in [0.1, 0.15) is 37.3 Å². The summed E-state index contributed by atoms with van der Waals surface area (Å²) in [4.78, 5) is 12.8. The first-order valence-corrected chi connectivity index (χ1v) is 10.3. The highest BCUT2D eigenvalue weighted by atomic mass is 35.5. The van der Waals surface area contributed by atoms with E-state index in [1.807, 2.05) is 13.8 Å². The molecule has 31 heavy (non-hydrogen) atoms. The van der Waals surface area contributed by atoms with E-state index in [0.29, 0.717) is 11.2 Å². The zero-order chi connectivity index (χ0) is 22.2. The maximum Gasteiger partial charge on any atom is 0.181 e. The van der Waals surface area contributed by atoms with Gasteiger partial charge in [0.2, 0.25) is 0 Å². The van der Waals surface area contributed by atoms with Crippen molar-refractivity contribution in [3.8, 4) is 0 Å². The molecule has 8 heteroatoms. The molecule has 1 N–H and O–H groups in total. The Labute approximate surface area is 182 Å². The quantitative estimate of drug-likeness (QED) is 0.462. The minimum absolute atomic E-state index is 0.0339. The maximum atomic E-state index is 16.6. The van der Waals surface area contributed by atoms with Crippen LogP contribution in [-0.4, -0.2) is 21.0 Å². The van der Waals surface area contributed by atoms with Crippen LogP contribution in [0.4, 0.5) is 18.9 Å². The fraction of sp³-hybridized carbons (Fsp3) is 0.261. The molecule has 0 amide bonds. The van der Waals surface area contributed by atoms with Crippen LogP contribution in [-0.2, 0) is 5.67 Å². The van der Waals surface area contributed by atoms with Crippen LogP contribution in [0, 0.1) is 5.82 Å². The number of alkyl halides is 1. The molecule has 1 aromatic carbocycles. The van der Waals surface area contributed by atoms with Crippen LogP contribution in [0.5, 0.6) is 0 Å². The van der Waals surface area contributed by atoms with E-state index in [9.17, 15) is 4.39 Å². The summed E-state index contributed by atoms with van der Waals surface area (Å²) in [5.41, 5.74) is -1.07. The maximum absolute atomic E-state index is 16.6. The third-order valence-corrected chi connectivity index (χ3v) is 5.77. The van der Waals surface area contributed by atoms with E-state index < -0.39 is 23.2 Å². The number of anilines is 1. The minimum Gasteiger partial charge on any atom is -0.380 e. The van der Waals surface area contributed by atoms with E-state index in [0.717, 1.165) is 18.6 Å². The number of hydrogen-bond acceptors (Lipinski definition) is 4. The summed E-state index contributed by atoms with van der Waals surface area (Å²) in [5, 5.41) is 3.21. The number of pyridine rings is 1. The lowest BCUT2D eigenvalue weighted by atomic mass is 9.75. The molecule has 4 rings (SSSR count). The normalized spacial score (nSPS) is 21.7. The number of nitrogens with one attached hydrogen (secondary N) is 1. The van der Waals surface area contributed by atoms with E-state index in [4.69, 9.17) is 11.6 Å². The van der Waals surface area contributed by atoms with Crippen molar-refractivity contribution in [3.63, 3.8) is 0 Å². The second-order valence-electron chi connectivity index (χ2n) is 7.49. The highest BCUT2D eigenvalue weighted by Gasteiger charge is 2.46. The van der Waals surface area contributed by atoms with Crippen molar-refractivity contribution in [1.82, 2.24) is 15.0 Å². The molecule has 3 aromatic rings. The van der Waals surface area contributed by atoms with Crippen molar-refractivity contribution in [2.24, 2.45) is 0 Å². The Morgan fingerprint density at radius 2 is 1.87 bits per heavy atom. The number of nitrogens with zero attached hydrogens (tertiary/aromatic N) is 3. The average Bonchev–Trinajstić information content (AvgIpc) is 2.75. The zero-order valence-electron chi connectivity index (χ0n) is 16.9. The van der Waals surface area contributed by atoms with Gasteiger partial charge in [0.25, 0.3) is 0 Å². The lowest BCUT2D eigenvalue weighted by Crippen LogP contribution is -2.31. The number of hydrogen-bond donors (Lipinski definition) is 1. The Kier molecular flexibility index (Phi) is 5.71. The molecule has 0 saturated carbocycles. The van der Waals surface area contributed by atoms with E-state index >= 15 is 8.78 Å². The first-order chi connectivity index (χ1) is 14.8. The van der Waals surface area contributed by atoms with Gasteiger partial charge in [-0.2, -0.15) is 0 Å². The molecule has 1 aliphatic rings. The SMILES string of the molecule is CCC(C)Nc1c(C2C(F)=CC=CC2(F)c2ccc(F)cc2)c(Cl)nc2nccnc12. The molecule has 160 valence electrons. The van der Waals surface area contributed by atoms with E-state index in [1.54, 1.807) is 0 Å². The van der Waals surface area contributed by atoms with Gasteiger partial charge in [-0.05, 0) is 43.2 Å². The Balaban J connectivity index is 2.00. The van der Waals surface area contributed by atoms with Crippen LogP contribution < -0.4 is 5.32 Å². The summed E-state index contributed by atoms with van der Waals surface area (Å²) in [6.45, 7) is 3.92. The smallest absolute Gasteiger partial charge is 0.181 e. The summed E-state index contributed by atoms with van der Waals surface area (Å²) in [6, 6.07) is 4.85. The van der Waals surface area contributed by atoms with Gasteiger partial charge in [-0.25, -0.2) is 28.1 Å². The van der Waals surface area contributed by atoms with Gasteiger partial charge in [0.15, 0.2) is 11.3 Å². The fourth-order valence-electron chi connectivity index (χ4n) is 3.72. The van der Waals surface area contributed by atoms with Gasteiger partial charge in [0, 0.05) is 24.0 Å². The molecule has 3 unspecified atom stereocenters. The summed E-state index contributed by atoms with van der Waals surface area (Å²) in [7, 11) is 0. The molecular formula is C23H20ClF3N4. The first-order valence-electron chi connectivity index (χ1n) is 9.91. The molecule has 0 fully saturated rings. The molecule has 1 aliphatic carbocycles. The highest BCUT2D eigenvalue weighted by Crippen LogP contribution is 2.52. The molecule has 2 heterocycles. The molecule has 2 aromatic heterocycles. The Bertz CT molecular complexity index is 1180. The largest absolute Gasteiger partial charge is 0.380 e. The number of allylic oxidation sites excluding steroid dienone is 4. The summed E-state index contributed by atoms with van der Waals surface area (Å²) < 4.78 is 45.4. The number of benzene rings is 1. The van der Waals surface area contributed by atoms with Crippen LogP contribution in [0.2, 0.25) is 5.15 Å². The van der Waals surface area contributed by atoms with Gasteiger partial charge in [0.1, 0.15) is 22.3 Å². The molecule has 0 aliphatic heterocycles. The summed E-state index contributed by atoms with van der Waals surface area (Å²) in [5.74, 6) is -2.69. The van der Waals surface area contributed by atoms with Gasteiger partial charge in [-0.3, -0.25) is 0 Å². The number of rotatable bonds is 5. The second kappa shape index (κ2) is 8.30. The molecule has 0 radical (unpaired) electrons. The van der Waals surface area contributed by atoms with Crippen LogP contribution >= 0.6 is 11.6 Å². The van der Waals surface area contributed by atoms with Crippen LogP contribution in [0.3, 0.4) is 0 Å². The summed E-state index contributed by atoms with van der Waals surface area (Å²) in [6.07, 6.45) is 7.45. The van der Waals surface area contributed by atoms with Crippen molar-refractivity contribution in [1.29, 1.82) is 0 Å². The molecular weight excluding hydrogens is 425 g/mol. The van der Waals surface area contributed by atoms with Gasteiger partial charge in [0.05, 0.1) is 11.6 Å². The molecule has 0 bridgehead atoms. The van der Waals surface area contributed by atoms with Gasteiger partial charge < -0.3 is 5.32 Å². The molecule has 4 nitrogen and oxygen atoms in total. The Morgan fingerprint density at radius 3 is 2.58 bits per heavy atom. The van der Waals surface area contributed by atoms with Gasteiger partial charge in [-0.1, -0.05) is 36.7 Å². The fourth-order valence-corrected chi connectivity index (χ4v) is 4.00. The highest BCUT2D eigenvalue weighted by molar-refractivity contribution is 6.31. The van der Waals surface area contributed by atoms with Gasteiger partial charge in [-0.15, -0.1) is 0 Å². The average molecular weight is 445 g/mol. The molecule has 0 spiro atoms. The number of aromatic nitrogens is 3. The van der Waals surface area contributed by atoms with Crippen molar-refractivity contribution < 1.29 is 13.2 Å². The third kappa shape index (κ3) is 3.78. The van der Waals surface area contributed by atoms with Crippen molar-refractivity contribution in [3.05, 3.63) is 82.8 Å². The predicted molar refractivity (Wildman–Crippen MR) is 116 cm³/mol. The predicted octanol–water partition coefficient (Wildman–Crippen LogP) is 6.40. The zero-order valence-corrected chi connectivity index (χ0v) is 17.7. The van der Waals surface area contributed by atoms with Crippen LogP contribution in [0.15, 0.2) is 60.7 Å². The monoisotopic (exact) mass is 444 g/mol. The Hall–Kier alpha value is -2.93. The second-order valence-corrected chi connectivity index (χ2v) is 7.85. The number of fused-ring (bicyclic) bond motifs is 1. The summed E-state index contributed by atoms with van der Waals surface area (Å²) >= 11 is 6.51. The van der Waals surface area contributed by atoms with Crippen molar-refractivity contribution >= 4 is 28.5 Å². The number of halogens is 4. The lowest BCUT2D eigenvalue weighted by Gasteiger charge is -2.35. The van der Waals surface area contributed by atoms with Crippen molar-refractivity contribution in [2.75, 3.05) is 5.32 Å². The topological polar surface area (TPSA) is 50.7 Å². The van der Waals surface area contributed by atoms with E-state index in [1.165, 1.54) is 42.8 Å². The van der Waals surface area contributed by atoms with E-state index in [2.05, 4.69) is 20.3 Å². The van der Waals surface area contributed by atoms with E-state index in [-0.39, 0.29) is 28.0 Å². The molecule has 0 saturated heterocycles. The minimum atomic E-state index is -2.32. The van der Waals surface area contributed by atoms with Gasteiger partial charge >= 0.3 is 0 Å². The van der Waals surface area contributed by atoms with Crippen LogP contribution in [0.25, 0.3) is 11.2 Å². The Morgan fingerprint density at radius 1 is 1.16 bits per heavy atom. The third-order valence-electron chi connectivity index (χ3n) is 5.48. The first kappa shape index (κ1) is 21.3. The lowest BCUT2D eigenvalue weighted by molar-refractivity contribution is 0.185. The molecule has 3 atom stereocenters. The van der Waals surface area contributed by atoms with Crippen molar-refractivity contribution in [2.45, 2.75) is 37.9 Å². The standard InChI is InChI=1S/C23H20ClF3N4/c1-3-13(2)30-19-17(21(24)31-22-20(19)28-11-12-29-22)18-16(26)5-4-10-23(18,27)14-6-8-15(25)9-7-14/h4-13,18H,3H2,1-2H3,(H,29,30,31).